The van der Waals surface area contributed by atoms with E-state index in [-0.39, 0.29) is 12.2 Å². The van der Waals surface area contributed by atoms with Crippen molar-refractivity contribution in [2.24, 2.45) is 0 Å². The van der Waals surface area contributed by atoms with Crippen LogP contribution in [0.25, 0.3) is 0 Å². The Morgan fingerprint density at radius 3 is 2.20 bits per heavy atom. The fourth-order valence-corrected chi connectivity index (χ4v) is 0.591. The topological polar surface area (TPSA) is 57.5 Å². The van der Waals surface area contributed by atoms with Gasteiger partial charge < -0.3 is 10.2 Å². The first-order valence-corrected chi connectivity index (χ1v) is 3.36. The quantitative estimate of drug-likeness (QED) is 0.593. The number of rotatable bonds is 3. The second-order valence-corrected chi connectivity index (χ2v) is 2.60. The summed E-state index contributed by atoms with van der Waals surface area (Å²) in [4.78, 5) is 10.9. The lowest BCUT2D eigenvalue weighted by molar-refractivity contribution is -0.145. The molecule has 0 fully saturated rings. The number of aliphatic hydroxyl groups excluding tert-OH is 1. The number of Topliss-reactive ketones (excluding diaryl/α,β-unsaturated/α-hetero) is 1. The molecule has 0 rings (SSSR count). The molecule has 0 aromatic carbocycles. The van der Waals surface area contributed by atoms with Crippen LogP contribution in [0.2, 0.25) is 0 Å². The molecule has 0 amide bonds. The van der Waals surface area contributed by atoms with Crippen LogP contribution < -0.4 is 0 Å². The predicted molar refractivity (Wildman–Crippen MR) is 37.6 cm³/mol. The predicted octanol–water partition coefficient (Wildman–Crippen LogP) is 0.0973. The fraction of sp³-hybridized carbons (Fsp3) is 0.857. The van der Waals surface area contributed by atoms with Crippen LogP contribution in [0.5, 0.6) is 0 Å². The van der Waals surface area contributed by atoms with E-state index in [1.165, 1.54) is 13.8 Å². The Bertz CT molecular complexity index is 127. The summed E-state index contributed by atoms with van der Waals surface area (Å²) in [6.45, 7) is 4.37. The van der Waals surface area contributed by atoms with Crippen molar-refractivity contribution in [1.29, 1.82) is 0 Å². The molecule has 0 spiro atoms. The maximum atomic E-state index is 10.9. The second kappa shape index (κ2) is 3.12. The van der Waals surface area contributed by atoms with E-state index in [0.29, 0.717) is 0 Å². The summed E-state index contributed by atoms with van der Waals surface area (Å²) in [5.74, 6) is -0.331. The van der Waals surface area contributed by atoms with Gasteiger partial charge in [0.05, 0.1) is 6.10 Å². The van der Waals surface area contributed by atoms with E-state index in [4.69, 9.17) is 5.11 Å². The van der Waals surface area contributed by atoms with Gasteiger partial charge in [0.2, 0.25) is 0 Å². The average molecular weight is 146 g/mol. The molecule has 2 atom stereocenters. The molecule has 0 unspecified atom stereocenters. The minimum atomic E-state index is -1.57. The van der Waals surface area contributed by atoms with Crippen LogP contribution in [0.15, 0.2) is 0 Å². The van der Waals surface area contributed by atoms with Gasteiger partial charge in [-0.15, -0.1) is 0 Å². The molecule has 0 aliphatic carbocycles. The summed E-state index contributed by atoms with van der Waals surface area (Å²) in [6.07, 6.45) is -0.752. The molecule has 3 nitrogen and oxygen atoms in total. The van der Waals surface area contributed by atoms with Crippen molar-refractivity contribution in [3.05, 3.63) is 0 Å². The molecule has 60 valence electrons. The zero-order chi connectivity index (χ0) is 8.36. The Kier molecular flexibility index (Phi) is 2.99. The summed E-state index contributed by atoms with van der Waals surface area (Å²) in [5.41, 5.74) is -1.57. The normalized spacial score (nSPS) is 19.7. The molecule has 0 aromatic rings. The lowest BCUT2D eigenvalue weighted by atomic mass is 9.94. The standard InChI is InChI=1S/C7H14O3/c1-4-6(9)7(3,10)5(2)8/h5,8,10H,4H2,1-3H3/t5-,7+/m0/s1. The van der Waals surface area contributed by atoms with Gasteiger partial charge in [0.15, 0.2) is 5.78 Å². The van der Waals surface area contributed by atoms with Crippen molar-refractivity contribution in [1.82, 2.24) is 0 Å². The summed E-state index contributed by atoms with van der Waals surface area (Å²) < 4.78 is 0. The van der Waals surface area contributed by atoms with Crippen molar-refractivity contribution in [3.63, 3.8) is 0 Å². The molecule has 10 heavy (non-hydrogen) atoms. The second-order valence-electron chi connectivity index (χ2n) is 2.60. The highest BCUT2D eigenvalue weighted by molar-refractivity contribution is 5.86. The lowest BCUT2D eigenvalue weighted by Gasteiger charge is -2.23. The first-order chi connectivity index (χ1) is 4.42. The zero-order valence-electron chi connectivity index (χ0n) is 6.59. The summed E-state index contributed by atoms with van der Waals surface area (Å²) in [5, 5.41) is 18.2. The first kappa shape index (κ1) is 9.59. The number of ketones is 1. The van der Waals surface area contributed by atoms with Crippen molar-refractivity contribution < 1.29 is 15.0 Å². The van der Waals surface area contributed by atoms with E-state index in [2.05, 4.69) is 0 Å². The highest BCUT2D eigenvalue weighted by Crippen LogP contribution is 2.12. The van der Waals surface area contributed by atoms with E-state index >= 15 is 0 Å². The largest absolute Gasteiger partial charge is 0.390 e. The third-order valence-corrected chi connectivity index (χ3v) is 1.70. The van der Waals surface area contributed by atoms with Crippen molar-refractivity contribution in [2.45, 2.75) is 38.9 Å². The number of hydrogen-bond acceptors (Lipinski definition) is 3. The van der Waals surface area contributed by atoms with Crippen LogP contribution in [0.3, 0.4) is 0 Å². The third kappa shape index (κ3) is 1.78. The van der Waals surface area contributed by atoms with Crippen molar-refractivity contribution in [2.75, 3.05) is 0 Å². The van der Waals surface area contributed by atoms with Crippen LogP contribution in [-0.2, 0) is 4.79 Å². The SMILES string of the molecule is CCC(=O)[C@](C)(O)[C@H](C)O. The number of aliphatic hydroxyl groups is 2. The minimum Gasteiger partial charge on any atom is -0.390 e. The van der Waals surface area contributed by atoms with Gasteiger partial charge in [0.1, 0.15) is 5.60 Å². The van der Waals surface area contributed by atoms with Crippen molar-refractivity contribution in [3.8, 4) is 0 Å². The maximum Gasteiger partial charge on any atom is 0.166 e. The van der Waals surface area contributed by atoms with Gasteiger partial charge in [-0.2, -0.15) is 0 Å². The van der Waals surface area contributed by atoms with E-state index in [0.717, 1.165) is 0 Å². The Balaban J connectivity index is 4.24. The lowest BCUT2D eigenvalue weighted by Crippen LogP contribution is -2.44. The highest BCUT2D eigenvalue weighted by atomic mass is 16.3. The summed E-state index contributed by atoms with van der Waals surface area (Å²) >= 11 is 0. The molecule has 0 bridgehead atoms. The van der Waals surface area contributed by atoms with E-state index < -0.39 is 11.7 Å². The summed E-state index contributed by atoms with van der Waals surface area (Å²) in [7, 11) is 0. The van der Waals surface area contributed by atoms with E-state index in [1.54, 1.807) is 6.92 Å². The smallest absolute Gasteiger partial charge is 0.166 e. The molecule has 0 saturated carbocycles. The van der Waals surface area contributed by atoms with Crippen LogP contribution in [-0.4, -0.2) is 27.7 Å². The molecule has 0 saturated heterocycles. The van der Waals surface area contributed by atoms with E-state index in [9.17, 15) is 9.90 Å². The Morgan fingerprint density at radius 2 is 2.10 bits per heavy atom. The Labute approximate surface area is 60.7 Å². The minimum absolute atomic E-state index is 0.248. The molecule has 0 aliphatic rings. The van der Waals surface area contributed by atoms with Gasteiger partial charge in [-0.3, -0.25) is 4.79 Å². The molecule has 2 N–H and O–H groups in total. The molecule has 0 aromatic heterocycles. The maximum absolute atomic E-state index is 10.9. The van der Waals surface area contributed by atoms with Gasteiger partial charge in [-0.05, 0) is 13.8 Å². The van der Waals surface area contributed by atoms with Crippen LogP contribution in [0, 0.1) is 0 Å². The molecule has 3 heteroatoms. The number of carbonyl (C=O) groups excluding carboxylic acids is 1. The van der Waals surface area contributed by atoms with Gasteiger partial charge in [0, 0.05) is 6.42 Å². The molecule has 0 aliphatic heterocycles. The molecule has 0 heterocycles. The average Bonchev–Trinajstić information content (AvgIpc) is 1.86. The van der Waals surface area contributed by atoms with Crippen LogP contribution in [0.1, 0.15) is 27.2 Å². The fourth-order valence-electron chi connectivity index (χ4n) is 0.591. The van der Waals surface area contributed by atoms with Gasteiger partial charge >= 0.3 is 0 Å². The highest BCUT2D eigenvalue weighted by Gasteiger charge is 2.33. The first-order valence-electron chi connectivity index (χ1n) is 3.36. The number of carbonyl (C=O) groups is 1. The van der Waals surface area contributed by atoms with Crippen molar-refractivity contribution >= 4 is 5.78 Å². The molecular formula is C7H14O3. The number of hydrogen-bond donors (Lipinski definition) is 2. The Hall–Kier alpha value is -0.410. The molecule has 0 radical (unpaired) electrons. The van der Waals surface area contributed by atoms with Crippen LogP contribution in [0.4, 0.5) is 0 Å². The van der Waals surface area contributed by atoms with Crippen LogP contribution >= 0.6 is 0 Å². The zero-order valence-corrected chi connectivity index (χ0v) is 6.59. The third-order valence-electron chi connectivity index (χ3n) is 1.70. The van der Waals surface area contributed by atoms with Gasteiger partial charge in [-0.25, -0.2) is 0 Å². The molecular weight excluding hydrogens is 132 g/mol. The summed E-state index contributed by atoms with van der Waals surface area (Å²) in [6, 6.07) is 0. The van der Waals surface area contributed by atoms with Gasteiger partial charge in [0.25, 0.3) is 0 Å². The van der Waals surface area contributed by atoms with E-state index in [1.807, 2.05) is 0 Å². The Morgan fingerprint density at radius 1 is 1.70 bits per heavy atom. The monoisotopic (exact) mass is 146 g/mol. The van der Waals surface area contributed by atoms with Gasteiger partial charge in [-0.1, -0.05) is 6.92 Å².